The van der Waals surface area contributed by atoms with E-state index in [1.165, 1.54) is 32.1 Å². The van der Waals surface area contributed by atoms with Crippen LogP contribution in [-0.4, -0.2) is 87.4 Å². The van der Waals surface area contributed by atoms with Crippen LogP contribution in [0.2, 0.25) is 0 Å². The van der Waals surface area contributed by atoms with E-state index in [0.29, 0.717) is 17.4 Å². The highest BCUT2D eigenvalue weighted by molar-refractivity contribution is 5.71. The Hall–Kier alpha value is -5.61. The quantitative estimate of drug-likeness (QED) is 0.0211. The van der Waals surface area contributed by atoms with Crippen molar-refractivity contribution in [3.8, 4) is 0 Å². The van der Waals surface area contributed by atoms with Crippen LogP contribution in [0.4, 0.5) is 0 Å². The van der Waals surface area contributed by atoms with Crippen LogP contribution in [0.25, 0.3) is 0 Å². The van der Waals surface area contributed by atoms with Crippen molar-refractivity contribution in [3.63, 3.8) is 0 Å². The van der Waals surface area contributed by atoms with Crippen LogP contribution in [0, 0.1) is 0 Å². The van der Waals surface area contributed by atoms with Gasteiger partial charge >= 0.3 is 17.9 Å². The monoisotopic (exact) mass is 1200 g/mol. The summed E-state index contributed by atoms with van der Waals surface area (Å²) in [5.74, 6) is -2.05. The summed E-state index contributed by atoms with van der Waals surface area (Å²) in [6.07, 6.45) is 98.4. The van der Waals surface area contributed by atoms with Crippen LogP contribution in [0.3, 0.4) is 0 Å². The third kappa shape index (κ3) is 67.8. The molecule has 0 heterocycles. The van der Waals surface area contributed by atoms with Crippen LogP contribution in [0.15, 0.2) is 182 Å². The zero-order valence-corrected chi connectivity index (χ0v) is 55.6. The molecule has 0 bridgehead atoms. The number of carboxylic acids is 1. The van der Waals surface area contributed by atoms with Crippen LogP contribution in [-0.2, 0) is 33.3 Å². The summed E-state index contributed by atoms with van der Waals surface area (Å²) in [5, 5.41) is 9.74. The Morgan fingerprint density at radius 3 is 0.920 bits per heavy atom. The van der Waals surface area contributed by atoms with Gasteiger partial charge in [-0.05, 0) is 135 Å². The van der Waals surface area contributed by atoms with E-state index >= 15 is 0 Å². The first-order valence-electron chi connectivity index (χ1n) is 33.9. The number of esters is 2. The van der Waals surface area contributed by atoms with Gasteiger partial charge in [-0.2, -0.15) is 0 Å². The van der Waals surface area contributed by atoms with E-state index in [2.05, 4.69) is 196 Å². The molecule has 2 atom stereocenters. The summed E-state index contributed by atoms with van der Waals surface area (Å²) < 4.78 is 22.9. The second-order valence-corrected chi connectivity index (χ2v) is 23.0. The molecule has 0 saturated heterocycles. The number of unbranched alkanes of at least 4 members (excludes halogenated alkanes) is 15. The number of hydrogen-bond acceptors (Lipinski definition) is 7. The minimum absolute atomic E-state index is 0.173. The zero-order chi connectivity index (χ0) is 63.3. The molecule has 9 heteroatoms. The molecule has 0 spiro atoms. The maximum atomic E-state index is 12.9. The summed E-state index contributed by atoms with van der Waals surface area (Å²) >= 11 is 0. The highest BCUT2D eigenvalue weighted by atomic mass is 16.7. The topological polar surface area (TPSA) is 108 Å². The van der Waals surface area contributed by atoms with E-state index < -0.39 is 24.3 Å². The van der Waals surface area contributed by atoms with Gasteiger partial charge in [0.15, 0.2) is 6.10 Å². The molecule has 0 saturated carbocycles. The Balaban J connectivity index is 4.25. The van der Waals surface area contributed by atoms with Gasteiger partial charge in [0.1, 0.15) is 13.2 Å². The van der Waals surface area contributed by atoms with E-state index in [9.17, 15) is 19.5 Å². The van der Waals surface area contributed by atoms with Gasteiger partial charge < -0.3 is 28.5 Å². The molecule has 0 aromatic carbocycles. The van der Waals surface area contributed by atoms with Crippen LogP contribution in [0.1, 0.15) is 232 Å². The number of ether oxygens (including phenoxy) is 4. The maximum Gasteiger partial charge on any atom is 0.361 e. The lowest BCUT2D eigenvalue weighted by Gasteiger charge is -2.25. The summed E-state index contributed by atoms with van der Waals surface area (Å²) in [4.78, 5) is 37.6. The van der Waals surface area contributed by atoms with Crippen LogP contribution >= 0.6 is 0 Å². The average molecular weight is 1200 g/mol. The molecule has 0 rings (SSSR count). The van der Waals surface area contributed by atoms with E-state index in [1.807, 2.05) is 21.1 Å². The lowest BCUT2D eigenvalue weighted by atomic mass is 10.1. The fourth-order valence-corrected chi connectivity index (χ4v) is 8.54. The molecule has 0 fully saturated rings. The van der Waals surface area contributed by atoms with Gasteiger partial charge in [-0.3, -0.25) is 9.59 Å². The molecular formula is C78H124NO8+. The molecule has 0 aliphatic rings. The van der Waals surface area contributed by atoms with Crippen molar-refractivity contribution in [1.82, 2.24) is 0 Å². The Bertz CT molecular complexity index is 2080. The van der Waals surface area contributed by atoms with Crippen molar-refractivity contribution >= 4 is 17.9 Å². The molecule has 2 unspecified atom stereocenters. The van der Waals surface area contributed by atoms with Crippen molar-refractivity contribution < 1.29 is 42.9 Å². The van der Waals surface area contributed by atoms with E-state index in [4.69, 9.17) is 18.9 Å². The summed E-state index contributed by atoms with van der Waals surface area (Å²) in [5.41, 5.74) is 0. The van der Waals surface area contributed by atoms with E-state index in [1.54, 1.807) is 0 Å². The Morgan fingerprint density at radius 1 is 0.345 bits per heavy atom. The van der Waals surface area contributed by atoms with Crippen molar-refractivity contribution in [2.45, 2.75) is 245 Å². The molecule has 87 heavy (non-hydrogen) atoms. The van der Waals surface area contributed by atoms with Crippen molar-refractivity contribution in [3.05, 3.63) is 182 Å². The minimum atomic E-state index is -1.53. The molecule has 0 radical (unpaired) electrons. The van der Waals surface area contributed by atoms with Gasteiger partial charge in [0, 0.05) is 12.8 Å². The van der Waals surface area contributed by atoms with Crippen LogP contribution in [0.5, 0.6) is 0 Å². The van der Waals surface area contributed by atoms with Crippen LogP contribution < -0.4 is 0 Å². The Labute approximate surface area is 532 Å². The highest BCUT2D eigenvalue weighted by Gasteiger charge is 2.25. The lowest BCUT2D eigenvalue weighted by Crippen LogP contribution is -2.40. The van der Waals surface area contributed by atoms with Gasteiger partial charge in [0.25, 0.3) is 6.29 Å². The number of aliphatic carboxylic acids is 1. The van der Waals surface area contributed by atoms with Gasteiger partial charge in [0.05, 0.1) is 34.4 Å². The average Bonchev–Trinajstić information content (AvgIpc) is 3.57. The molecule has 0 aromatic heterocycles. The zero-order valence-electron chi connectivity index (χ0n) is 55.6. The SMILES string of the molecule is CC/C=C\C/C=C\C/C=C\C/C=C\C/C=C\C/C=C\C/C=C\C/C=C\C/C=C\CCCCCCCCCCCC(=O)OC(COC(=O)CCCCCCCC/C=C\C/C=C\C/C=C\C/C=C\C/C=C\C/C=C\CC)COC(OCC[N+](C)(C)C)C(=O)O. The van der Waals surface area contributed by atoms with Crippen molar-refractivity contribution in [1.29, 1.82) is 0 Å². The lowest BCUT2D eigenvalue weighted by molar-refractivity contribution is -0.870. The molecule has 1 N–H and O–H groups in total. The predicted molar refractivity (Wildman–Crippen MR) is 372 cm³/mol. The number of carboxylic acid groups (broad SMARTS) is 1. The molecule has 0 aliphatic carbocycles. The molecule has 488 valence electrons. The third-order valence-corrected chi connectivity index (χ3v) is 13.7. The number of carbonyl (C=O) groups excluding carboxylic acids is 2. The molecule has 0 aliphatic heterocycles. The number of carbonyl (C=O) groups is 3. The minimum Gasteiger partial charge on any atom is -0.477 e. The number of likely N-dealkylation sites (N-methyl/N-ethyl adjacent to an activating group) is 1. The fraction of sp³-hybridized carbons (Fsp3) is 0.577. The number of nitrogens with zero attached hydrogens (tertiary/aromatic N) is 1. The molecular weight excluding hydrogens is 1080 g/mol. The number of allylic oxidation sites excluding steroid dienone is 30. The normalized spacial score (nSPS) is 13.9. The summed E-state index contributed by atoms with van der Waals surface area (Å²) in [6, 6.07) is 0. The van der Waals surface area contributed by atoms with E-state index in [0.717, 1.165) is 167 Å². The second kappa shape index (κ2) is 66.3. The van der Waals surface area contributed by atoms with Gasteiger partial charge in [-0.1, -0.05) is 267 Å². The van der Waals surface area contributed by atoms with Crippen molar-refractivity contribution in [2.75, 3.05) is 47.5 Å². The van der Waals surface area contributed by atoms with Gasteiger partial charge in [0.2, 0.25) is 0 Å². The molecule has 9 nitrogen and oxygen atoms in total. The number of hydrogen-bond donors (Lipinski definition) is 1. The van der Waals surface area contributed by atoms with Crippen molar-refractivity contribution in [2.24, 2.45) is 0 Å². The summed E-state index contributed by atoms with van der Waals surface area (Å²) in [7, 11) is 5.95. The number of quaternary nitrogens is 1. The molecule has 0 aromatic rings. The Morgan fingerprint density at radius 2 is 0.621 bits per heavy atom. The Kier molecular flexibility index (Phi) is 62.1. The largest absolute Gasteiger partial charge is 0.477 e. The molecule has 0 amide bonds. The van der Waals surface area contributed by atoms with Gasteiger partial charge in [-0.15, -0.1) is 0 Å². The maximum absolute atomic E-state index is 12.9. The highest BCUT2D eigenvalue weighted by Crippen LogP contribution is 2.15. The standard InChI is InChI=1S/C78H123NO8/c1-6-8-10-12-14-16-18-20-22-24-26-28-30-32-33-34-35-36-37-38-39-40-41-42-43-45-47-49-51-53-55-57-59-61-63-65-67-69-76(81)87-74(73-86-78(77(82)83)84-71-70-79(3,4)5)72-85-75(80)68-66-64-62-60-58-56-54-52-50-48-46-44-31-29-27-25-23-21-19-17-15-13-11-9-7-2/h8-11,14-17,20-23,26-29,32-33,35-36,38-39,41-42,44-47,50,52,74,78H,6-7,12-13,18-19,24-25,30-31,34,37,40,43,48-49,51,53-73H2,1-5H3/p+1/b10-8-,11-9-,16-14-,17-15-,22-20-,23-21-,28-26-,29-27-,33-32-,36-35-,39-38-,42-41-,46-44-,47-45-,52-50-. The first-order valence-corrected chi connectivity index (χ1v) is 33.9. The number of rotatable bonds is 60. The third-order valence-electron chi connectivity index (χ3n) is 13.7. The first-order chi connectivity index (χ1) is 42.6. The smallest absolute Gasteiger partial charge is 0.361 e. The first kappa shape index (κ1) is 81.4. The predicted octanol–water partition coefficient (Wildman–Crippen LogP) is 21.2. The summed E-state index contributed by atoms with van der Waals surface area (Å²) in [6.45, 7) is 4.60. The fourth-order valence-electron chi connectivity index (χ4n) is 8.54. The van der Waals surface area contributed by atoms with E-state index in [-0.39, 0.29) is 38.6 Å². The van der Waals surface area contributed by atoms with Gasteiger partial charge in [-0.25, -0.2) is 4.79 Å². The second-order valence-electron chi connectivity index (χ2n) is 23.0.